The van der Waals surface area contributed by atoms with E-state index in [-0.39, 0.29) is 0 Å². The van der Waals surface area contributed by atoms with E-state index in [0.717, 1.165) is 17.3 Å². The van der Waals surface area contributed by atoms with Crippen LogP contribution < -0.4 is 5.32 Å². The Bertz CT molecular complexity index is 522. The summed E-state index contributed by atoms with van der Waals surface area (Å²) < 4.78 is 5.53. The number of hydrogen-bond acceptors (Lipinski definition) is 2. The first-order valence-corrected chi connectivity index (χ1v) is 7.01. The second kappa shape index (κ2) is 8.41. The molecule has 2 aromatic carbocycles. The summed E-state index contributed by atoms with van der Waals surface area (Å²) in [5, 5.41) is 4.02. The lowest BCUT2D eigenvalue weighted by Crippen LogP contribution is -2.09. The number of benzene rings is 2. The number of ether oxygens (including phenoxy) is 1. The molecule has 0 radical (unpaired) electrons. The van der Waals surface area contributed by atoms with Crippen LogP contribution in [-0.4, -0.2) is 19.8 Å². The summed E-state index contributed by atoms with van der Waals surface area (Å²) in [6.45, 7) is 2.07. The first-order chi connectivity index (χ1) is 9.84. The predicted molar refractivity (Wildman–Crippen MR) is 86.2 cm³/mol. The Morgan fingerprint density at radius 1 is 1.00 bits per heavy atom. The van der Waals surface area contributed by atoms with Crippen molar-refractivity contribution in [2.75, 3.05) is 25.1 Å². The van der Waals surface area contributed by atoms with Gasteiger partial charge in [0, 0.05) is 17.3 Å². The highest BCUT2D eigenvalue weighted by molar-refractivity contribution is 6.30. The molecule has 20 heavy (non-hydrogen) atoms. The highest BCUT2D eigenvalue weighted by Gasteiger charge is 1.91. The fourth-order valence-electron chi connectivity index (χ4n) is 1.73. The summed E-state index contributed by atoms with van der Waals surface area (Å²) in [6, 6.07) is 17.8. The van der Waals surface area contributed by atoms with Gasteiger partial charge in [-0.25, -0.2) is 0 Å². The molecule has 0 aromatic heterocycles. The topological polar surface area (TPSA) is 21.3 Å². The van der Waals surface area contributed by atoms with Gasteiger partial charge in [0.1, 0.15) is 0 Å². The number of hydrogen-bond donors (Lipinski definition) is 1. The molecule has 0 bridgehead atoms. The molecule has 1 N–H and O–H groups in total. The quantitative estimate of drug-likeness (QED) is 0.758. The summed E-state index contributed by atoms with van der Waals surface area (Å²) in [4.78, 5) is 0. The molecule has 0 aliphatic heterocycles. The highest BCUT2D eigenvalue weighted by Crippen LogP contribution is 2.12. The van der Waals surface area contributed by atoms with Crippen LogP contribution in [0.5, 0.6) is 0 Å². The lowest BCUT2D eigenvalue weighted by atomic mass is 10.2. The zero-order valence-corrected chi connectivity index (χ0v) is 12.0. The van der Waals surface area contributed by atoms with Gasteiger partial charge in [-0.05, 0) is 29.8 Å². The molecular weight excluding hydrogens is 270 g/mol. The molecule has 0 fully saturated rings. The summed E-state index contributed by atoms with van der Waals surface area (Å²) in [7, 11) is 0. The minimum Gasteiger partial charge on any atom is -0.383 e. The maximum absolute atomic E-state index is 5.82. The second-order valence-electron chi connectivity index (χ2n) is 4.32. The molecule has 2 aromatic rings. The average molecular weight is 288 g/mol. The Labute approximate surface area is 125 Å². The van der Waals surface area contributed by atoms with Crippen molar-refractivity contribution in [3.05, 3.63) is 71.3 Å². The van der Waals surface area contributed by atoms with Gasteiger partial charge < -0.3 is 10.1 Å². The standard InChI is InChI=1S/C17H18ClNO/c18-16-8-10-17(11-9-16)19-12-14-20-13-4-7-15-5-2-1-3-6-15/h1-11,19H,12-14H2. The van der Waals surface area contributed by atoms with Crippen molar-refractivity contribution < 1.29 is 4.74 Å². The van der Waals surface area contributed by atoms with Gasteiger partial charge in [0.2, 0.25) is 0 Å². The van der Waals surface area contributed by atoms with Crippen LogP contribution in [0.15, 0.2) is 60.7 Å². The molecule has 2 rings (SSSR count). The lowest BCUT2D eigenvalue weighted by Gasteiger charge is -2.06. The summed E-state index contributed by atoms with van der Waals surface area (Å²) >= 11 is 5.82. The van der Waals surface area contributed by atoms with Crippen LogP contribution in [0.25, 0.3) is 6.08 Å². The van der Waals surface area contributed by atoms with Gasteiger partial charge in [-0.3, -0.25) is 0 Å². The van der Waals surface area contributed by atoms with E-state index in [1.54, 1.807) is 0 Å². The van der Waals surface area contributed by atoms with Crippen molar-refractivity contribution >= 4 is 23.4 Å². The number of nitrogens with one attached hydrogen (secondary N) is 1. The maximum atomic E-state index is 5.82. The Hall–Kier alpha value is -1.77. The van der Waals surface area contributed by atoms with Gasteiger partial charge in [0.15, 0.2) is 0 Å². The maximum Gasteiger partial charge on any atom is 0.0651 e. The van der Waals surface area contributed by atoms with Crippen LogP contribution in [0, 0.1) is 0 Å². The highest BCUT2D eigenvalue weighted by atomic mass is 35.5. The first kappa shape index (κ1) is 14.6. The molecule has 0 atom stereocenters. The van der Waals surface area contributed by atoms with E-state index in [0.29, 0.717) is 13.2 Å². The van der Waals surface area contributed by atoms with Crippen molar-refractivity contribution in [1.29, 1.82) is 0 Å². The van der Waals surface area contributed by atoms with Gasteiger partial charge in [0.25, 0.3) is 0 Å². The van der Waals surface area contributed by atoms with Crippen molar-refractivity contribution in [1.82, 2.24) is 0 Å². The molecule has 0 spiro atoms. The summed E-state index contributed by atoms with van der Waals surface area (Å²) in [5.74, 6) is 0. The normalized spacial score (nSPS) is 10.8. The predicted octanol–water partition coefficient (Wildman–Crippen LogP) is 4.48. The Balaban J connectivity index is 1.58. The van der Waals surface area contributed by atoms with Gasteiger partial charge in [-0.2, -0.15) is 0 Å². The van der Waals surface area contributed by atoms with Crippen molar-refractivity contribution in [2.45, 2.75) is 0 Å². The lowest BCUT2D eigenvalue weighted by molar-refractivity contribution is 0.174. The van der Waals surface area contributed by atoms with Crippen LogP contribution >= 0.6 is 11.6 Å². The molecule has 3 heteroatoms. The number of rotatable bonds is 7. The third-order valence-corrected chi connectivity index (χ3v) is 3.00. The van der Waals surface area contributed by atoms with E-state index in [4.69, 9.17) is 16.3 Å². The van der Waals surface area contributed by atoms with Crippen LogP contribution in [0.2, 0.25) is 5.02 Å². The van der Waals surface area contributed by atoms with Crippen molar-refractivity contribution in [3.63, 3.8) is 0 Å². The van der Waals surface area contributed by atoms with E-state index in [9.17, 15) is 0 Å². The fraction of sp³-hybridized carbons (Fsp3) is 0.176. The molecule has 104 valence electrons. The molecule has 0 aliphatic rings. The monoisotopic (exact) mass is 287 g/mol. The van der Waals surface area contributed by atoms with Crippen molar-refractivity contribution in [2.24, 2.45) is 0 Å². The fourth-order valence-corrected chi connectivity index (χ4v) is 1.86. The number of anilines is 1. The summed E-state index contributed by atoms with van der Waals surface area (Å²) in [5.41, 5.74) is 2.24. The SMILES string of the molecule is Clc1ccc(NCCOCC=Cc2ccccc2)cc1. The molecule has 0 amide bonds. The molecule has 0 unspecified atom stereocenters. The van der Waals surface area contributed by atoms with E-state index in [2.05, 4.69) is 23.5 Å². The van der Waals surface area contributed by atoms with Crippen LogP contribution in [0.4, 0.5) is 5.69 Å². The van der Waals surface area contributed by atoms with E-state index < -0.39 is 0 Å². The van der Waals surface area contributed by atoms with Crippen LogP contribution in [0.1, 0.15) is 5.56 Å². The Kier molecular flexibility index (Phi) is 6.15. The van der Waals surface area contributed by atoms with Gasteiger partial charge in [0.05, 0.1) is 13.2 Å². The van der Waals surface area contributed by atoms with Crippen LogP contribution in [-0.2, 0) is 4.74 Å². The number of halogens is 1. The van der Waals surface area contributed by atoms with Gasteiger partial charge in [-0.1, -0.05) is 54.1 Å². The van der Waals surface area contributed by atoms with E-state index in [1.165, 1.54) is 5.56 Å². The molecule has 0 aliphatic carbocycles. The molecule has 2 nitrogen and oxygen atoms in total. The van der Waals surface area contributed by atoms with Crippen molar-refractivity contribution in [3.8, 4) is 0 Å². The Morgan fingerprint density at radius 2 is 1.75 bits per heavy atom. The molecule has 0 saturated carbocycles. The van der Waals surface area contributed by atoms with Crippen LogP contribution in [0.3, 0.4) is 0 Å². The minimum atomic E-state index is 0.622. The summed E-state index contributed by atoms with van der Waals surface area (Å²) in [6.07, 6.45) is 4.09. The van der Waals surface area contributed by atoms with E-state index in [1.807, 2.05) is 48.5 Å². The largest absolute Gasteiger partial charge is 0.383 e. The molecule has 0 saturated heterocycles. The average Bonchev–Trinajstić information content (AvgIpc) is 2.49. The molecular formula is C17H18ClNO. The van der Waals surface area contributed by atoms with Gasteiger partial charge in [-0.15, -0.1) is 0 Å². The smallest absolute Gasteiger partial charge is 0.0651 e. The third kappa shape index (κ3) is 5.47. The zero-order valence-electron chi connectivity index (χ0n) is 11.3. The Morgan fingerprint density at radius 3 is 2.50 bits per heavy atom. The van der Waals surface area contributed by atoms with Gasteiger partial charge >= 0.3 is 0 Å². The minimum absolute atomic E-state index is 0.622. The first-order valence-electron chi connectivity index (χ1n) is 6.63. The zero-order chi connectivity index (χ0) is 14.0. The third-order valence-electron chi connectivity index (χ3n) is 2.74. The van der Waals surface area contributed by atoms with E-state index >= 15 is 0 Å². The second-order valence-corrected chi connectivity index (χ2v) is 4.76. The molecule has 0 heterocycles.